The van der Waals surface area contributed by atoms with E-state index >= 15 is 0 Å². The Hall–Kier alpha value is -3.39. The zero-order chi connectivity index (χ0) is 40.8. The number of pyridine rings is 1. The quantitative estimate of drug-likeness (QED) is 0.0714. The van der Waals surface area contributed by atoms with Gasteiger partial charge in [0.15, 0.2) is 17.0 Å². The van der Waals surface area contributed by atoms with Crippen molar-refractivity contribution in [3.8, 4) is 11.1 Å². The van der Waals surface area contributed by atoms with Crippen molar-refractivity contribution in [1.82, 2.24) is 35.1 Å². The van der Waals surface area contributed by atoms with Crippen LogP contribution in [0, 0.1) is 0 Å². The van der Waals surface area contributed by atoms with E-state index in [1.165, 1.54) is 0 Å². The molecular weight excluding hydrogens is 813 g/mol. The third-order valence-electron chi connectivity index (χ3n) is 10.7. The lowest BCUT2D eigenvalue weighted by Gasteiger charge is -2.39. The van der Waals surface area contributed by atoms with Crippen LogP contribution in [0.25, 0.3) is 16.8 Å². The predicted octanol–water partition coefficient (Wildman–Crippen LogP) is 7.68. The number of piperidine rings is 1. The van der Waals surface area contributed by atoms with Gasteiger partial charge < -0.3 is 29.3 Å². The number of anilines is 1. The van der Waals surface area contributed by atoms with Crippen LogP contribution in [0.5, 0.6) is 0 Å². The minimum Gasteiger partial charge on any atom is -0.444 e. The predicted molar refractivity (Wildman–Crippen MR) is 225 cm³/mol. The highest BCUT2D eigenvalue weighted by atomic mass is 79.9. The Balaban J connectivity index is 1.40. The number of hydrogen-bond acceptors (Lipinski definition) is 10. The maximum atomic E-state index is 13.4. The smallest absolute Gasteiger partial charge is 0.410 e. The maximum Gasteiger partial charge on any atom is 0.410 e. The van der Waals surface area contributed by atoms with E-state index in [4.69, 9.17) is 24.3 Å². The molecule has 1 unspecified atom stereocenters. The first-order valence-electron chi connectivity index (χ1n) is 19.7. The van der Waals surface area contributed by atoms with Crippen LogP contribution >= 0.6 is 15.9 Å². The Labute approximate surface area is 341 Å². The van der Waals surface area contributed by atoms with E-state index in [-0.39, 0.29) is 24.1 Å². The van der Waals surface area contributed by atoms with E-state index in [2.05, 4.69) is 75.7 Å². The molecule has 3 aromatic heterocycles. The highest BCUT2D eigenvalue weighted by Crippen LogP contribution is 2.47. The van der Waals surface area contributed by atoms with Crippen molar-refractivity contribution in [2.45, 2.75) is 134 Å². The van der Waals surface area contributed by atoms with Gasteiger partial charge in [0, 0.05) is 64.7 Å². The fraction of sp³-hybridized carbons (Fsp3) is 0.641. The first-order valence-corrected chi connectivity index (χ1v) is 27.9. The Morgan fingerprint density at radius 1 is 0.982 bits per heavy atom. The SMILES string of the molecule is CC(C)(C)OC(=O)N1[C@@H]2CC[C@H]1C[C@@H](c1nc3c(-c4ccc(C5(C)NC(=O)NC5=O)nc4)cnn3c(N(COCC[Si](C)(C)C)COCC[Si](C)(C)C)c1Br)C2. The van der Waals surface area contributed by atoms with Gasteiger partial charge in [0.25, 0.3) is 5.91 Å². The third-order valence-corrected chi connectivity index (χ3v) is 14.9. The average Bonchev–Trinajstić information content (AvgIpc) is 3.72. The molecule has 56 heavy (non-hydrogen) atoms. The number of amides is 4. The van der Waals surface area contributed by atoms with Gasteiger partial charge in [-0.25, -0.2) is 14.6 Å². The van der Waals surface area contributed by atoms with Gasteiger partial charge in [0.2, 0.25) is 0 Å². The number of imide groups is 1. The van der Waals surface area contributed by atoms with Gasteiger partial charge in [-0.3, -0.25) is 15.1 Å². The minimum atomic E-state index is -1.33. The molecule has 6 heterocycles. The largest absolute Gasteiger partial charge is 0.444 e. The van der Waals surface area contributed by atoms with Crippen LogP contribution in [0.15, 0.2) is 29.0 Å². The van der Waals surface area contributed by atoms with Crippen molar-refractivity contribution in [1.29, 1.82) is 0 Å². The Morgan fingerprint density at radius 3 is 2.09 bits per heavy atom. The molecule has 6 rings (SSSR count). The van der Waals surface area contributed by atoms with Crippen LogP contribution < -0.4 is 15.5 Å². The van der Waals surface area contributed by atoms with E-state index in [1.807, 2.05) is 36.3 Å². The molecule has 14 nitrogen and oxygen atoms in total. The van der Waals surface area contributed by atoms with Gasteiger partial charge in [-0.05, 0) is 87.5 Å². The van der Waals surface area contributed by atoms with Gasteiger partial charge in [-0.1, -0.05) is 45.3 Å². The molecule has 306 valence electrons. The number of ether oxygens (including phenoxy) is 3. The second kappa shape index (κ2) is 16.1. The van der Waals surface area contributed by atoms with Gasteiger partial charge in [0.05, 0.1) is 22.1 Å². The van der Waals surface area contributed by atoms with Crippen molar-refractivity contribution in [2.24, 2.45) is 0 Å². The van der Waals surface area contributed by atoms with Crippen molar-refractivity contribution < 1.29 is 28.6 Å². The molecule has 4 amide bonds. The minimum absolute atomic E-state index is 0.0450. The number of halogens is 1. The number of carbonyl (C=O) groups is 3. The Morgan fingerprint density at radius 2 is 1.59 bits per heavy atom. The van der Waals surface area contributed by atoms with Crippen LogP contribution in [0.3, 0.4) is 0 Å². The van der Waals surface area contributed by atoms with Gasteiger partial charge >= 0.3 is 12.1 Å². The van der Waals surface area contributed by atoms with Crippen LogP contribution in [-0.4, -0.2) is 103 Å². The molecule has 4 atom stereocenters. The highest BCUT2D eigenvalue weighted by molar-refractivity contribution is 9.10. The number of aromatic nitrogens is 4. The fourth-order valence-electron chi connectivity index (χ4n) is 7.57. The van der Waals surface area contributed by atoms with Gasteiger partial charge in [0.1, 0.15) is 19.1 Å². The third kappa shape index (κ3) is 9.48. The van der Waals surface area contributed by atoms with E-state index in [0.717, 1.165) is 64.9 Å². The second-order valence-electron chi connectivity index (χ2n) is 19.1. The van der Waals surface area contributed by atoms with Crippen LogP contribution in [0.2, 0.25) is 51.4 Å². The molecule has 3 aliphatic heterocycles. The first-order chi connectivity index (χ1) is 26.1. The monoisotopic (exact) mass is 870 g/mol. The molecule has 2 N–H and O–H groups in total. The summed E-state index contributed by atoms with van der Waals surface area (Å²) in [5.74, 6) is 0.381. The number of rotatable bonds is 14. The molecule has 3 aliphatic rings. The topological polar surface area (TPSA) is 153 Å². The number of fused-ring (bicyclic) bond motifs is 3. The molecule has 0 spiro atoms. The van der Waals surface area contributed by atoms with Gasteiger partial charge in [-0.2, -0.15) is 9.61 Å². The number of hydrogen-bond donors (Lipinski definition) is 2. The second-order valence-corrected chi connectivity index (χ2v) is 31.1. The lowest BCUT2D eigenvalue weighted by atomic mass is 9.88. The average molecular weight is 872 g/mol. The maximum absolute atomic E-state index is 13.4. The Bertz CT molecular complexity index is 1910. The van der Waals surface area contributed by atoms with Crippen molar-refractivity contribution in [3.63, 3.8) is 0 Å². The molecule has 0 aliphatic carbocycles. The van der Waals surface area contributed by atoms with E-state index in [9.17, 15) is 14.4 Å². The molecule has 3 aromatic rings. The summed E-state index contributed by atoms with van der Waals surface area (Å²) < 4.78 is 21.3. The van der Waals surface area contributed by atoms with Crippen LogP contribution in [0.4, 0.5) is 15.4 Å². The summed E-state index contributed by atoms with van der Waals surface area (Å²) in [5.41, 5.74) is 1.62. The first kappa shape index (κ1) is 42.2. The summed E-state index contributed by atoms with van der Waals surface area (Å²) in [4.78, 5) is 52.1. The van der Waals surface area contributed by atoms with Crippen molar-refractivity contribution in [3.05, 3.63) is 40.4 Å². The Kier molecular flexibility index (Phi) is 12.1. The number of nitrogens with zero attached hydrogens (tertiary/aromatic N) is 6. The highest BCUT2D eigenvalue weighted by Gasteiger charge is 2.47. The molecular formula is C39H59BrN8O6Si2. The molecule has 0 aromatic carbocycles. The zero-order valence-electron chi connectivity index (χ0n) is 34.6. The van der Waals surface area contributed by atoms with E-state index in [1.54, 1.807) is 25.4 Å². The lowest BCUT2D eigenvalue weighted by molar-refractivity contribution is -0.123. The molecule has 0 radical (unpaired) electrons. The molecule has 17 heteroatoms. The number of carbonyl (C=O) groups excluding carboxylic acids is 3. The fourth-order valence-corrected chi connectivity index (χ4v) is 9.92. The van der Waals surface area contributed by atoms with Gasteiger partial charge in [-0.15, -0.1) is 0 Å². The number of nitrogens with one attached hydrogen (secondary N) is 2. The van der Waals surface area contributed by atoms with Crippen molar-refractivity contribution in [2.75, 3.05) is 31.6 Å². The molecule has 3 saturated heterocycles. The summed E-state index contributed by atoms with van der Waals surface area (Å²) in [6, 6.07) is 5.24. The summed E-state index contributed by atoms with van der Waals surface area (Å²) in [6.07, 6.45) is 6.57. The van der Waals surface area contributed by atoms with Crippen molar-refractivity contribution >= 4 is 61.6 Å². The lowest BCUT2D eigenvalue weighted by Crippen LogP contribution is -2.48. The normalized spacial score (nSPS) is 22.8. The van der Waals surface area contributed by atoms with Crippen LogP contribution in [-0.2, 0) is 24.5 Å². The van der Waals surface area contributed by atoms with E-state index in [0.29, 0.717) is 38.0 Å². The summed E-state index contributed by atoms with van der Waals surface area (Å²) in [6.45, 7) is 23.3. The standard InChI is InChI=1S/C39H59BrN8O6Si2/c1-38(2,3)54-37(51)47-27-12-13-28(47)20-26(19-27)32-31(40)34(46(23-52-15-17-55(5,6)7)24-53-16-18-56(8,9)10)48-33(43-32)29(22-42-48)25-11-14-30(41-21-25)39(4)35(49)44-36(50)45-39/h11,14,21-22,26-28H,12-13,15-20,23-24H2,1-10H3,(H2,44,45,49,50)/t26-,27+,28-,39?. The summed E-state index contributed by atoms with van der Waals surface area (Å²) in [7, 11) is -2.67. The van der Waals surface area contributed by atoms with Crippen LogP contribution in [0.1, 0.15) is 70.7 Å². The molecule has 0 saturated carbocycles. The molecule has 2 bridgehead atoms. The van der Waals surface area contributed by atoms with E-state index < -0.39 is 39.2 Å². The summed E-state index contributed by atoms with van der Waals surface area (Å²) in [5, 5.41) is 9.90. The molecule has 3 fully saturated rings. The zero-order valence-corrected chi connectivity index (χ0v) is 38.2. The summed E-state index contributed by atoms with van der Waals surface area (Å²) >= 11 is 4.04. The number of urea groups is 1.